The molecule has 2 aliphatic heterocycles. The number of thioether (sulfide) groups is 1. The van der Waals surface area contributed by atoms with Crippen LogP contribution in [0.25, 0.3) is 0 Å². The van der Waals surface area contributed by atoms with Crippen LogP contribution in [0.2, 0.25) is 0 Å². The Morgan fingerprint density at radius 1 is 1.09 bits per heavy atom. The van der Waals surface area contributed by atoms with Crippen LogP contribution in [0.3, 0.4) is 0 Å². The minimum atomic E-state index is 0.120. The summed E-state index contributed by atoms with van der Waals surface area (Å²) in [5, 5.41) is 10.3. The summed E-state index contributed by atoms with van der Waals surface area (Å²) in [4.78, 5) is 9.63. The number of piperazine rings is 1. The van der Waals surface area contributed by atoms with E-state index in [-0.39, 0.29) is 11.4 Å². The average Bonchev–Trinajstić information content (AvgIpc) is 2.89. The molecule has 2 aliphatic rings. The van der Waals surface area contributed by atoms with Crippen LogP contribution in [-0.2, 0) is 13.2 Å². The zero-order chi connectivity index (χ0) is 15.6. The maximum absolute atomic E-state index is 9.09. The molecular formula is C17H25N3OS. The number of hydrogen-bond acceptors (Lipinski definition) is 5. The standard InChI is InChI=1S/C17H25N3OS/c1-17(2)13-18-16(22-17)20-9-7-19(8-10-20)11-14-3-5-15(12-21)6-4-14/h3-6,21H,7-13H2,1-2H3. The molecule has 0 spiro atoms. The van der Waals surface area contributed by atoms with Crippen LogP contribution in [0.15, 0.2) is 29.3 Å². The van der Waals surface area contributed by atoms with Crippen molar-refractivity contribution in [2.75, 3.05) is 32.7 Å². The summed E-state index contributed by atoms with van der Waals surface area (Å²) in [6, 6.07) is 8.27. The van der Waals surface area contributed by atoms with Crippen LogP contribution in [-0.4, -0.2) is 57.5 Å². The summed E-state index contributed by atoms with van der Waals surface area (Å²) in [7, 11) is 0. The summed E-state index contributed by atoms with van der Waals surface area (Å²) in [6.07, 6.45) is 0. The van der Waals surface area contributed by atoms with E-state index >= 15 is 0 Å². The van der Waals surface area contributed by atoms with Gasteiger partial charge in [-0.15, -0.1) is 0 Å². The van der Waals surface area contributed by atoms with Crippen LogP contribution in [0.5, 0.6) is 0 Å². The lowest BCUT2D eigenvalue weighted by Crippen LogP contribution is -2.47. The Labute approximate surface area is 137 Å². The Morgan fingerprint density at radius 3 is 2.27 bits per heavy atom. The van der Waals surface area contributed by atoms with Crippen LogP contribution >= 0.6 is 11.8 Å². The molecular weight excluding hydrogens is 294 g/mol. The second-order valence-electron chi connectivity index (χ2n) is 6.70. The quantitative estimate of drug-likeness (QED) is 0.927. The SMILES string of the molecule is CC1(C)CN=C(N2CCN(Cc3ccc(CO)cc3)CC2)S1. The van der Waals surface area contributed by atoms with Gasteiger partial charge >= 0.3 is 0 Å². The lowest BCUT2D eigenvalue weighted by atomic mass is 10.1. The van der Waals surface area contributed by atoms with E-state index in [9.17, 15) is 0 Å². The number of aliphatic hydroxyl groups excluding tert-OH is 1. The average molecular weight is 319 g/mol. The second kappa shape index (κ2) is 6.60. The highest BCUT2D eigenvalue weighted by molar-refractivity contribution is 8.15. The van der Waals surface area contributed by atoms with Gasteiger partial charge in [0.25, 0.3) is 0 Å². The smallest absolute Gasteiger partial charge is 0.159 e. The number of rotatable bonds is 3. The lowest BCUT2D eigenvalue weighted by Gasteiger charge is -2.36. The molecule has 1 N–H and O–H groups in total. The number of nitrogens with zero attached hydrogens (tertiary/aromatic N) is 3. The normalized spacial score (nSPS) is 22.0. The maximum Gasteiger partial charge on any atom is 0.159 e. The van der Waals surface area contributed by atoms with Crippen molar-refractivity contribution in [1.29, 1.82) is 0 Å². The van der Waals surface area contributed by atoms with Gasteiger partial charge in [0.05, 0.1) is 13.2 Å². The zero-order valence-electron chi connectivity index (χ0n) is 13.5. The first-order chi connectivity index (χ1) is 10.6. The number of benzene rings is 1. The van der Waals surface area contributed by atoms with Gasteiger partial charge in [0.15, 0.2) is 5.17 Å². The fourth-order valence-corrected chi connectivity index (χ4v) is 3.90. The molecule has 0 aromatic heterocycles. The molecule has 120 valence electrons. The molecule has 0 radical (unpaired) electrons. The van der Waals surface area contributed by atoms with Gasteiger partial charge in [-0.3, -0.25) is 9.89 Å². The van der Waals surface area contributed by atoms with Crippen molar-refractivity contribution in [3.8, 4) is 0 Å². The molecule has 3 rings (SSSR count). The highest BCUT2D eigenvalue weighted by Crippen LogP contribution is 2.33. The molecule has 0 bridgehead atoms. The fraction of sp³-hybridized carbons (Fsp3) is 0.588. The third-order valence-corrected chi connectivity index (χ3v) is 5.47. The van der Waals surface area contributed by atoms with Gasteiger partial charge in [-0.05, 0) is 25.0 Å². The highest BCUT2D eigenvalue weighted by atomic mass is 32.2. The number of aliphatic imine (C=N–C) groups is 1. The maximum atomic E-state index is 9.09. The minimum Gasteiger partial charge on any atom is -0.392 e. The van der Waals surface area contributed by atoms with E-state index < -0.39 is 0 Å². The Hall–Kier alpha value is -1.04. The van der Waals surface area contributed by atoms with Crippen molar-refractivity contribution in [2.24, 2.45) is 4.99 Å². The van der Waals surface area contributed by atoms with Crippen LogP contribution < -0.4 is 0 Å². The summed E-state index contributed by atoms with van der Waals surface area (Å²) in [6.45, 7) is 10.9. The van der Waals surface area contributed by atoms with Gasteiger partial charge in [-0.2, -0.15) is 0 Å². The molecule has 5 heteroatoms. The molecule has 1 saturated heterocycles. The third-order valence-electron chi connectivity index (χ3n) is 4.22. The second-order valence-corrected chi connectivity index (χ2v) is 8.37. The van der Waals surface area contributed by atoms with Gasteiger partial charge in [0, 0.05) is 37.5 Å². The lowest BCUT2D eigenvalue weighted by molar-refractivity contribution is 0.177. The molecule has 0 amide bonds. The van der Waals surface area contributed by atoms with Crippen LogP contribution in [0, 0.1) is 0 Å². The van der Waals surface area contributed by atoms with E-state index in [0.29, 0.717) is 0 Å². The van der Waals surface area contributed by atoms with Gasteiger partial charge < -0.3 is 10.0 Å². The van der Waals surface area contributed by atoms with E-state index in [4.69, 9.17) is 10.1 Å². The van der Waals surface area contributed by atoms with Crippen molar-refractivity contribution in [3.05, 3.63) is 35.4 Å². The van der Waals surface area contributed by atoms with E-state index in [1.807, 2.05) is 23.9 Å². The molecule has 0 aliphatic carbocycles. The van der Waals surface area contributed by atoms with Crippen molar-refractivity contribution < 1.29 is 5.11 Å². The van der Waals surface area contributed by atoms with Crippen molar-refractivity contribution in [2.45, 2.75) is 31.7 Å². The molecule has 1 fully saturated rings. The van der Waals surface area contributed by atoms with Gasteiger partial charge in [-0.25, -0.2) is 0 Å². The first kappa shape index (κ1) is 15.8. The zero-order valence-corrected chi connectivity index (χ0v) is 14.3. The Morgan fingerprint density at radius 2 is 1.73 bits per heavy atom. The summed E-state index contributed by atoms with van der Waals surface area (Å²) in [5.41, 5.74) is 2.30. The Bertz CT molecular complexity index is 533. The summed E-state index contributed by atoms with van der Waals surface area (Å²) in [5.74, 6) is 0. The highest BCUT2D eigenvalue weighted by Gasteiger charge is 2.31. The number of aliphatic hydroxyl groups is 1. The Kier molecular flexibility index (Phi) is 4.76. The summed E-state index contributed by atoms with van der Waals surface area (Å²) < 4.78 is 0.265. The number of amidine groups is 1. The molecule has 4 nitrogen and oxygen atoms in total. The van der Waals surface area contributed by atoms with Crippen LogP contribution in [0.1, 0.15) is 25.0 Å². The van der Waals surface area contributed by atoms with Crippen molar-refractivity contribution >= 4 is 16.9 Å². The monoisotopic (exact) mass is 319 g/mol. The molecule has 0 unspecified atom stereocenters. The molecule has 1 aromatic rings. The van der Waals surface area contributed by atoms with E-state index in [2.05, 4.69) is 35.8 Å². The first-order valence-corrected chi connectivity index (χ1v) is 8.77. The predicted molar refractivity (Wildman–Crippen MR) is 93.2 cm³/mol. The molecule has 1 aromatic carbocycles. The van der Waals surface area contributed by atoms with Gasteiger partial charge in [0.1, 0.15) is 0 Å². The fourth-order valence-electron chi connectivity index (χ4n) is 2.84. The molecule has 0 saturated carbocycles. The Balaban J connectivity index is 1.49. The van der Waals surface area contributed by atoms with E-state index in [0.717, 1.165) is 44.8 Å². The predicted octanol–water partition coefficient (Wildman–Crippen LogP) is 2.18. The van der Waals surface area contributed by atoms with Crippen molar-refractivity contribution in [1.82, 2.24) is 9.80 Å². The first-order valence-electron chi connectivity index (χ1n) is 7.95. The third kappa shape index (κ3) is 3.83. The molecule has 0 atom stereocenters. The number of hydrogen-bond donors (Lipinski definition) is 1. The minimum absolute atomic E-state index is 0.120. The largest absolute Gasteiger partial charge is 0.392 e. The van der Waals surface area contributed by atoms with Crippen LogP contribution in [0.4, 0.5) is 0 Å². The van der Waals surface area contributed by atoms with Gasteiger partial charge in [-0.1, -0.05) is 36.0 Å². The van der Waals surface area contributed by atoms with Crippen molar-refractivity contribution in [3.63, 3.8) is 0 Å². The summed E-state index contributed by atoms with van der Waals surface area (Å²) >= 11 is 1.92. The molecule has 22 heavy (non-hydrogen) atoms. The van der Waals surface area contributed by atoms with E-state index in [1.165, 1.54) is 10.7 Å². The molecule has 2 heterocycles. The van der Waals surface area contributed by atoms with E-state index in [1.54, 1.807) is 0 Å². The van der Waals surface area contributed by atoms with Gasteiger partial charge in [0.2, 0.25) is 0 Å². The topological polar surface area (TPSA) is 39.1 Å².